The lowest BCUT2D eigenvalue weighted by Gasteiger charge is -2.15. The molecule has 1 heterocycles. The van der Waals surface area contributed by atoms with Crippen molar-refractivity contribution in [1.29, 1.82) is 0 Å². The van der Waals surface area contributed by atoms with Crippen LogP contribution in [0.2, 0.25) is 0 Å². The van der Waals surface area contributed by atoms with Gasteiger partial charge in [-0.15, -0.1) is 0 Å². The molecular weight excluding hydrogens is 370 g/mol. The molecule has 0 aliphatic carbocycles. The lowest BCUT2D eigenvalue weighted by molar-refractivity contribution is -0.118. The summed E-state index contributed by atoms with van der Waals surface area (Å²) < 4.78 is 1.81. The Morgan fingerprint density at radius 2 is 1.79 bits per heavy atom. The number of aromatic amines is 1. The molecule has 1 aromatic heterocycles. The number of nitrogens with zero attached hydrogens (tertiary/aromatic N) is 2. The molecule has 0 aliphatic rings. The molecule has 0 aliphatic heterocycles. The highest BCUT2D eigenvalue weighted by Crippen LogP contribution is 2.21. The molecule has 6 nitrogen and oxygen atoms in total. The smallest absolute Gasteiger partial charge is 0.246 e. The van der Waals surface area contributed by atoms with Crippen molar-refractivity contribution in [3.05, 3.63) is 64.4 Å². The van der Waals surface area contributed by atoms with Gasteiger partial charge in [-0.1, -0.05) is 38.1 Å². The van der Waals surface area contributed by atoms with Crippen LogP contribution >= 0.6 is 12.2 Å². The molecule has 0 radical (unpaired) electrons. The number of rotatable bonds is 6. The molecule has 2 aromatic carbocycles. The Morgan fingerprint density at radius 3 is 2.39 bits per heavy atom. The standard InChI is InChI=1S/C21H25N5OS/c1-13(2)12-15-4-6-16(7-5-15)14(3)20(27)25-26-19(23-24-21(26)28)17-8-10-18(22)11-9-17/h4-11,13-14H,12,22H2,1-3H3,(H,24,28)(H,25,27). The molecule has 0 spiro atoms. The zero-order valence-electron chi connectivity index (χ0n) is 16.3. The average molecular weight is 396 g/mol. The third-order valence-electron chi connectivity index (χ3n) is 4.58. The van der Waals surface area contributed by atoms with Gasteiger partial charge in [0.05, 0.1) is 5.92 Å². The van der Waals surface area contributed by atoms with Gasteiger partial charge in [-0.2, -0.15) is 5.10 Å². The first kappa shape index (κ1) is 19.8. The molecule has 3 aromatic rings. The van der Waals surface area contributed by atoms with Crippen molar-refractivity contribution in [2.24, 2.45) is 5.92 Å². The fourth-order valence-corrected chi connectivity index (χ4v) is 3.18. The highest BCUT2D eigenvalue weighted by Gasteiger charge is 2.18. The fourth-order valence-electron chi connectivity index (χ4n) is 3.00. The highest BCUT2D eigenvalue weighted by atomic mass is 32.1. The summed E-state index contributed by atoms with van der Waals surface area (Å²) in [6.45, 7) is 6.26. The largest absolute Gasteiger partial charge is 0.399 e. The van der Waals surface area contributed by atoms with Crippen molar-refractivity contribution in [1.82, 2.24) is 14.9 Å². The van der Waals surface area contributed by atoms with Crippen molar-refractivity contribution < 1.29 is 4.79 Å². The second-order valence-electron chi connectivity index (χ2n) is 7.35. The number of carbonyl (C=O) groups is 1. The van der Waals surface area contributed by atoms with Gasteiger partial charge in [-0.3, -0.25) is 10.2 Å². The molecule has 146 valence electrons. The topological polar surface area (TPSA) is 88.7 Å². The third-order valence-corrected chi connectivity index (χ3v) is 4.85. The first-order valence-corrected chi connectivity index (χ1v) is 9.69. The van der Waals surface area contributed by atoms with Crippen LogP contribution in [-0.4, -0.2) is 20.8 Å². The van der Waals surface area contributed by atoms with E-state index in [1.54, 1.807) is 12.1 Å². The molecule has 0 fully saturated rings. The van der Waals surface area contributed by atoms with Gasteiger partial charge in [0.25, 0.3) is 0 Å². The number of hydrogen-bond acceptors (Lipinski definition) is 4. The molecule has 1 atom stereocenters. The summed E-state index contributed by atoms with van der Waals surface area (Å²) in [4.78, 5) is 12.8. The van der Waals surface area contributed by atoms with Crippen LogP contribution in [0.4, 0.5) is 5.69 Å². The van der Waals surface area contributed by atoms with Crippen molar-refractivity contribution >= 4 is 23.8 Å². The first-order chi connectivity index (χ1) is 13.3. The van der Waals surface area contributed by atoms with Crippen LogP contribution in [0, 0.1) is 10.7 Å². The van der Waals surface area contributed by atoms with Crippen LogP contribution < -0.4 is 11.2 Å². The number of nitrogens with two attached hydrogens (primary N) is 1. The third kappa shape index (κ3) is 4.48. The maximum absolute atomic E-state index is 12.8. The van der Waals surface area contributed by atoms with Gasteiger partial charge in [-0.05, 0) is 66.9 Å². The Hall–Kier alpha value is -2.93. The number of nitrogens with one attached hydrogen (secondary N) is 2. The van der Waals surface area contributed by atoms with E-state index < -0.39 is 0 Å². The zero-order chi connectivity index (χ0) is 20.3. The predicted octanol–water partition coefficient (Wildman–Crippen LogP) is 4.26. The number of aromatic nitrogens is 3. The van der Waals surface area contributed by atoms with Crippen LogP contribution in [0.3, 0.4) is 0 Å². The second kappa shape index (κ2) is 8.39. The molecule has 1 amide bonds. The SMILES string of the molecule is CC(C)Cc1ccc(C(C)C(=O)Nn2c(-c3ccc(N)cc3)n[nH]c2=S)cc1. The normalized spacial score (nSPS) is 12.1. The van der Waals surface area contributed by atoms with E-state index in [1.807, 2.05) is 31.2 Å². The van der Waals surface area contributed by atoms with E-state index in [4.69, 9.17) is 18.0 Å². The highest BCUT2D eigenvalue weighted by molar-refractivity contribution is 7.71. The van der Waals surface area contributed by atoms with E-state index >= 15 is 0 Å². The van der Waals surface area contributed by atoms with Gasteiger partial charge >= 0.3 is 0 Å². The maximum atomic E-state index is 12.8. The maximum Gasteiger partial charge on any atom is 0.246 e. The van der Waals surface area contributed by atoms with Gasteiger partial charge in [-0.25, -0.2) is 9.77 Å². The minimum atomic E-state index is -0.329. The Labute approximate surface area is 169 Å². The molecule has 0 bridgehead atoms. The molecular formula is C21H25N5OS. The van der Waals surface area contributed by atoms with Crippen LogP contribution in [-0.2, 0) is 11.2 Å². The summed E-state index contributed by atoms with van der Waals surface area (Å²) in [5.41, 5.74) is 12.3. The van der Waals surface area contributed by atoms with Gasteiger partial charge < -0.3 is 5.73 Å². The minimum absolute atomic E-state index is 0.161. The molecule has 0 saturated carbocycles. The molecule has 4 N–H and O–H groups in total. The minimum Gasteiger partial charge on any atom is -0.399 e. The Bertz CT molecular complexity index is 1000. The fraction of sp³-hybridized carbons (Fsp3) is 0.286. The van der Waals surface area contributed by atoms with Gasteiger partial charge in [0, 0.05) is 11.3 Å². The first-order valence-electron chi connectivity index (χ1n) is 9.28. The van der Waals surface area contributed by atoms with Crippen LogP contribution in [0.15, 0.2) is 48.5 Å². The molecule has 7 heteroatoms. The van der Waals surface area contributed by atoms with Crippen molar-refractivity contribution in [2.75, 3.05) is 11.2 Å². The monoisotopic (exact) mass is 395 g/mol. The van der Waals surface area contributed by atoms with E-state index in [0.29, 0.717) is 22.2 Å². The van der Waals surface area contributed by atoms with Crippen LogP contribution in [0.25, 0.3) is 11.4 Å². The van der Waals surface area contributed by atoms with Gasteiger partial charge in [0.15, 0.2) is 5.82 Å². The zero-order valence-corrected chi connectivity index (χ0v) is 17.1. The summed E-state index contributed by atoms with van der Waals surface area (Å²) in [7, 11) is 0. The van der Waals surface area contributed by atoms with E-state index in [1.165, 1.54) is 10.2 Å². The molecule has 28 heavy (non-hydrogen) atoms. The number of hydrogen-bond donors (Lipinski definition) is 3. The van der Waals surface area contributed by atoms with Crippen LogP contribution in [0.1, 0.15) is 37.8 Å². The summed E-state index contributed by atoms with van der Waals surface area (Å²) in [5, 5.41) is 6.96. The number of nitrogen functional groups attached to an aromatic ring is 1. The Morgan fingerprint density at radius 1 is 1.14 bits per heavy atom. The van der Waals surface area contributed by atoms with Gasteiger partial charge in [0.2, 0.25) is 10.7 Å². The number of H-pyrrole nitrogens is 1. The summed E-state index contributed by atoms with van der Waals surface area (Å²) >= 11 is 5.28. The lowest BCUT2D eigenvalue weighted by Crippen LogP contribution is -2.28. The van der Waals surface area contributed by atoms with E-state index in [9.17, 15) is 4.79 Å². The average Bonchev–Trinajstić information content (AvgIpc) is 3.02. The number of benzene rings is 2. The van der Waals surface area contributed by atoms with Gasteiger partial charge in [0.1, 0.15) is 0 Å². The van der Waals surface area contributed by atoms with E-state index in [-0.39, 0.29) is 11.8 Å². The number of anilines is 1. The Balaban J connectivity index is 1.78. The number of amides is 1. The van der Waals surface area contributed by atoms with E-state index in [0.717, 1.165) is 17.5 Å². The quantitative estimate of drug-likeness (QED) is 0.430. The lowest BCUT2D eigenvalue weighted by atomic mass is 9.96. The number of carbonyl (C=O) groups excluding carboxylic acids is 1. The van der Waals surface area contributed by atoms with Crippen molar-refractivity contribution in [3.8, 4) is 11.4 Å². The summed E-state index contributed by atoms with van der Waals surface area (Å²) in [6.07, 6.45) is 1.02. The molecule has 3 rings (SSSR count). The van der Waals surface area contributed by atoms with Crippen molar-refractivity contribution in [3.63, 3.8) is 0 Å². The Kier molecular flexibility index (Phi) is 5.94. The van der Waals surface area contributed by atoms with E-state index in [2.05, 4.69) is 41.6 Å². The molecule has 0 saturated heterocycles. The van der Waals surface area contributed by atoms with Crippen LogP contribution in [0.5, 0.6) is 0 Å². The second-order valence-corrected chi connectivity index (χ2v) is 7.73. The molecule has 1 unspecified atom stereocenters. The summed E-state index contributed by atoms with van der Waals surface area (Å²) in [6, 6.07) is 15.4. The predicted molar refractivity (Wildman–Crippen MR) is 115 cm³/mol. The van der Waals surface area contributed by atoms with Crippen molar-refractivity contribution in [2.45, 2.75) is 33.1 Å². The summed E-state index contributed by atoms with van der Waals surface area (Å²) in [5.74, 6) is 0.633.